The third-order valence-corrected chi connectivity index (χ3v) is 15.5. The molecule has 50 heavy (non-hydrogen) atoms. The summed E-state index contributed by atoms with van der Waals surface area (Å²) in [6.07, 6.45) is 9.41. The molecule has 12 atom stereocenters. The maximum absolute atomic E-state index is 14.4. The van der Waals surface area contributed by atoms with Gasteiger partial charge in [0.25, 0.3) is 0 Å². The summed E-state index contributed by atoms with van der Waals surface area (Å²) >= 11 is 0. The van der Waals surface area contributed by atoms with E-state index in [4.69, 9.17) is 23.7 Å². The van der Waals surface area contributed by atoms with E-state index in [0.717, 1.165) is 51.4 Å². The lowest BCUT2D eigenvalue weighted by atomic mass is 9.34. The first kappa shape index (κ1) is 39.7. The largest absolute Gasteiger partial charge is 0.465 e. The number of esters is 2. The van der Waals surface area contributed by atoms with Crippen molar-refractivity contribution in [3.05, 3.63) is 11.6 Å². The number of allylic oxidation sites excluding steroid dienone is 1. The highest BCUT2D eigenvalue weighted by Gasteiger charge is 2.72. The molecule has 9 heteroatoms. The number of unbranched alkanes of at least 4 members (excludes halogenated alkanes) is 1. The van der Waals surface area contributed by atoms with Gasteiger partial charge in [-0.05, 0) is 84.9 Å². The number of ether oxygens (including phenoxy) is 5. The van der Waals surface area contributed by atoms with Crippen molar-refractivity contribution in [2.75, 3.05) is 46.8 Å². The summed E-state index contributed by atoms with van der Waals surface area (Å²) in [4.78, 5) is 25.9. The first-order chi connectivity index (χ1) is 23.4. The zero-order valence-electron chi connectivity index (χ0n) is 32.8. The molecule has 4 fully saturated rings. The molecule has 5 aliphatic rings. The second-order valence-corrected chi connectivity index (χ2v) is 18.4. The summed E-state index contributed by atoms with van der Waals surface area (Å²) < 4.78 is 30.6. The molecule has 0 spiro atoms. The van der Waals surface area contributed by atoms with Crippen molar-refractivity contribution < 1.29 is 43.5 Å². The number of methoxy groups -OCH3 is 1. The van der Waals surface area contributed by atoms with Crippen molar-refractivity contribution in [1.29, 1.82) is 0 Å². The molecular weight excluding hydrogens is 636 g/mol. The van der Waals surface area contributed by atoms with Gasteiger partial charge < -0.3 is 33.9 Å². The molecule has 4 aliphatic carbocycles. The van der Waals surface area contributed by atoms with E-state index >= 15 is 0 Å². The average Bonchev–Trinajstić information content (AvgIpc) is 3.06. The van der Waals surface area contributed by atoms with Crippen LogP contribution in [0.5, 0.6) is 0 Å². The Kier molecular flexibility index (Phi) is 11.4. The van der Waals surface area contributed by atoms with Gasteiger partial charge in [-0.3, -0.25) is 9.59 Å². The molecule has 3 saturated carbocycles. The number of carbonyl (C=O) groups is 2. The van der Waals surface area contributed by atoms with Crippen molar-refractivity contribution in [2.24, 2.45) is 56.7 Å². The van der Waals surface area contributed by atoms with E-state index in [9.17, 15) is 19.8 Å². The van der Waals surface area contributed by atoms with Crippen LogP contribution in [0.3, 0.4) is 0 Å². The standard InChI is InChI=1S/C41H68O9/c1-11-12-19-48-35(44)33-36(6,27(4)26(2)3)17-18-38(8)29-13-14-32-37(7)22-47-25-41(32,30(29)15-16-39(33,38)9)20-31(46-10)34(37)50-24-40(45,21-42)23-49-28(5)43/h15,26-27,29,31-34,42,45H,11-14,16-25H2,1-10H3/t27-,29+,31-,32+,33-,34+,36-,37+,38-,39+,40?,41+/m1/s1. The number of rotatable bonds is 13. The highest BCUT2D eigenvalue weighted by atomic mass is 16.6. The maximum Gasteiger partial charge on any atom is 0.310 e. The Hall–Kier alpha value is -1.52. The van der Waals surface area contributed by atoms with Crippen molar-refractivity contribution >= 4 is 11.9 Å². The van der Waals surface area contributed by atoms with Crippen LogP contribution < -0.4 is 0 Å². The molecule has 9 nitrogen and oxygen atoms in total. The monoisotopic (exact) mass is 704 g/mol. The molecule has 0 aromatic carbocycles. The second kappa shape index (κ2) is 14.4. The van der Waals surface area contributed by atoms with Crippen molar-refractivity contribution in [1.82, 2.24) is 0 Å². The molecule has 286 valence electrons. The Morgan fingerprint density at radius 1 is 1.04 bits per heavy atom. The van der Waals surface area contributed by atoms with E-state index < -0.39 is 29.7 Å². The van der Waals surface area contributed by atoms with Gasteiger partial charge in [-0.2, -0.15) is 0 Å². The van der Waals surface area contributed by atoms with Crippen LogP contribution in [0, 0.1) is 56.7 Å². The fourth-order valence-electron chi connectivity index (χ4n) is 12.1. The number of aliphatic hydroxyl groups is 2. The maximum atomic E-state index is 14.4. The fraction of sp³-hybridized carbons (Fsp3) is 0.902. The molecule has 0 aromatic heterocycles. The van der Waals surface area contributed by atoms with E-state index in [1.807, 2.05) is 0 Å². The molecule has 0 amide bonds. The van der Waals surface area contributed by atoms with Gasteiger partial charge in [0.05, 0.1) is 51.2 Å². The van der Waals surface area contributed by atoms with Crippen LogP contribution in [0.15, 0.2) is 11.6 Å². The summed E-state index contributed by atoms with van der Waals surface area (Å²) in [5, 5.41) is 21.1. The van der Waals surface area contributed by atoms with Crippen molar-refractivity contribution in [3.8, 4) is 0 Å². The van der Waals surface area contributed by atoms with Gasteiger partial charge in [0.2, 0.25) is 0 Å². The Morgan fingerprint density at radius 2 is 1.76 bits per heavy atom. The fourth-order valence-corrected chi connectivity index (χ4v) is 12.1. The number of carbonyl (C=O) groups excluding carboxylic acids is 2. The normalized spacial score (nSPS) is 42.7. The lowest BCUT2D eigenvalue weighted by Crippen LogP contribution is -2.70. The number of hydrogen-bond acceptors (Lipinski definition) is 9. The summed E-state index contributed by atoms with van der Waals surface area (Å²) in [6, 6.07) is 0. The van der Waals surface area contributed by atoms with Crippen LogP contribution >= 0.6 is 0 Å². The quantitative estimate of drug-likeness (QED) is 0.125. The Morgan fingerprint density at radius 3 is 2.38 bits per heavy atom. The smallest absolute Gasteiger partial charge is 0.310 e. The summed E-state index contributed by atoms with van der Waals surface area (Å²) in [6.45, 7) is 20.3. The van der Waals surface area contributed by atoms with Gasteiger partial charge in [0.1, 0.15) is 12.2 Å². The number of hydrogen-bond donors (Lipinski definition) is 2. The molecular formula is C41H68O9. The van der Waals surface area contributed by atoms with E-state index in [-0.39, 0.29) is 58.8 Å². The topological polar surface area (TPSA) is 121 Å². The van der Waals surface area contributed by atoms with E-state index in [0.29, 0.717) is 37.6 Å². The van der Waals surface area contributed by atoms with Gasteiger partial charge in [0, 0.05) is 24.9 Å². The van der Waals surface area contributed by atoms with Gasteiger partial charge in [-0.25, -0.2) is 0 Å². The summed E-state index contributed by atoms with van der Waals surface area (Å²) in [5.41, 5.74) is -1.40. The van der Waals surface area contributed by atoms with Gasteiger partial charge in [0.15, 0.2) is 0 Å². The number of fused-ring (bicyclic) bond motifs is 3. The third-order valence-electron chi connectivity index (χ3n) is 15.5. The molecule has 0 aromatic rings. The molecule has 1 aliphatic heterocycles. The van der Waals surface area contributed by atoms with E-state index in [1.54, 1.807) is 7.11 Å². The highest BCUT2D eigenvalue weighted by molar-refractivity contribution is 5.75. The van der Waals surface area contributed by atoms with Gasteiger partial charge >= 0.3 is 11.9 Å². The van der Waals surface area contributed by atoms with Crippen molar-refractivity contribution in [3.63, 3.8) is 0 Å². The highest BCUT2D eigenvalue weighted by Crippen LogP contribution is 2.75. The Bertz CT molecular complexity index is 1280. The molecule has 2 bridgehead atoms. The van der Waals surface area contributed by atoms with E-state index in [2.05, 4.69) is 61.5 Å². The number of aliphatic hydroxyl groups excluding tert-OH is 1. The summed E-state index contributed by atoms with van der Waals surface area (Å²) in [5.74, 6) is 0.682. The van der Waals surface area contributed by atoms with Crippen LogP contribution in [0.2, 0.25) is 0 Å². The van der Waals surface area contributed by atoms with Crippen LogP contribution in [0.4, 0.5) is 0 Å². The zero-order valence-corrected chi connectivity index (χ0v) is 32.8. The van der Waals surface area contributed by atoms with Gasteiger partial charge in [-0.15, -0.1) is 0 Å². The predicted octanol–water partition coefficient (Wildman–Crippen LogP) is 6.52. The zero-order chi connectivity index (χ0) is 36.9. The minimum Gasteiger partial charge on any atom is -0.465 e. The van der Waals surface area contributed by atoms with Crippen LogP contribution in [0.1, 0.15) is 114 Å². The van der Waals surface area contributed by atoms with Crippen LogP contribution in [-0.4, -0.2) is 86.7 Å². The third kappa shape index (κ3) is 6.20. The van der Waals surface area contributed by atoms with Crippen molar-refractivity contribution in [2.45, 2.75) is 131 Å². The molecule has 2 N–H and O–H groups in total. The predicted molar refractivity (Wildman–Crippen MR) is 191 cm³/mol. The molecule has 1 saturated heterocycles. The Labute approximate surface area is 301 Å². The van der Waals surface area contributed by atoms with Gasteiger partial charge in [-0.1, -0.05) is 73.5 Å². The van der Waals surface area contributed by atoms with Crippen LogP contribution in [0.25, 0.3) is 0 Å². The average molecular weight is 705 g/mol. The molecule has 1 heterocycles. The SMILES string of the molecule is CCCCOC(=O)[C@@H]1[C@@](C)([C@H](C)C(C)C)CC[C@]2(C)[C@H]3CC[C@@H]4[C@@]5(COC[C@]4(C)[C@@H](OCC(O)(CO)COC(C)=O)[C@H](OC)C5)C3=CC[C@@]12C. The Balaban J connectivity index is 1.51. The minimum absolute atomic E-state index is 0.00667. The molecule has 1 unspecified atom stereocenters. The first-order valence-corrected chi connectivity index (χ1v) is 19.5. The summed E-state index contributed by atoms with van der Waals surface area (Å²) in [7, 11) is 1.73. The van der Waals surface area contributed by atoms with Crippen LogP contribution in [-0.2, 0) is 33.3 Å². The second-order valence-electron chi connectivity index (χ2n) is 18.4. The molecule has 0 radical (unpaired) electrons. The molecule has 5 rings (SSSR count). The first-order valence-electron chi connectivity index (χ1n) is 19.5. The van der Waals surface area contributed by atoms with E-state index in [1.165, 1.54) is 12.5 Å². The minimum atomic E-state index is -1.72. The lowest BCUT2D eigenvalue weighted by Gasteiger charge is -2.71. The lowest BCUT2D eigenvalue weighted by molar-refractivity contribution is -0.276.